The lowest BCUT2D eigenvalue weighted by molar-refractivity contribution is 0.354. The first-order valence-corrected chi connectivity index (χ1v) is 12.1. The zero-order valence-corrected chi connectivity index (χ0v) is 21.5. The number of anilines is 3. The number of hydrogen-bond acceptors (Lipinski definition) is 4. The molecular weight excluding hydrogens is 452 g/mol. The first-order chi connectivity index (χ1) is 17.9. The lowest BCUT2D eigenvalue weighted by Gasteiger charge is -2.30. The van der Waals surface area contributed by atoms with Gasteiger partial charge in [0.2, 0.25) is 0 Å². The van der Waals surface area contributed by atoms with Crippen LogP contribution in [0.4, 0.5) is 17.1 Å². The molecular formula is C33H30N4. The Balaban J connectivity index is 0.00000121. The van der Waals surface area contributed by atoms with Gasteiger partial charge in [0, 0.05) is 24.0 Å². The van der Waals surface area contributed by atoms with Crippen molar-refractivity contribution in [2.45, 2.75) is 33.6 Å². The highest BCUT2D eigenvalue weighted by Crippen LogP contribution is 2.40. The lowest BCUT2D eigenvalue weighted by atomic mass is 9.74. The highest BCUT2D eigenvalue weighted by atomic mass is 15.1. The summed E-state index contributed by atoms with van der Waals surface area (Å²) in [6.45, 7) is 5.79. The van der Waals surface area contributed by atoms with Crippen LogP contribution in [0.3, 0.4) is 0 Å². The topological polar surface area (TPSA) is 74.6 Å². The van der Waals surface area contributed by atoms with E-state index in [0.717, 1.165) is 46.6 Å². The van der Waals surface area contributed by atoms with Gasteiger partial charge in [-0.25, -0.2) is 0 Å². The normalized spacial score (nSPS) is 13.7. The summed E-state index contributed by atoms with van der Waals surface area (Å²) in [6.07, 6.45) is 7.86. The van der Waals surface area contributed by atoms with E-state index >= 15 is 0 Å². The van der Waals surface area contributed by atoms with Crippen molar-refractivity contribution in [2.75, 3.05) is 4.90 Å². The van der Waals surface area contributed by atoms with Gasteiger partial charge in [-0.05, 0) is 71.4 Å². The molecule has 0 heterocycles. The van der Waals surface area contributed by atoms with Gasteiger partial charge in [0.25, 0.3) is 0 Å². The predicted octanol–water partition coefficient (Wildman–Crippen LogP) is 8.79. The van der Waals surface area contributed by atoms with Crippen LogP contribution in [0.5, 0.6) is 0 Å². The fourth-order valence-electron chi connectivity index (χ4n) is 4.43. The van der Waals surface area contributed by atoms with Crippen LogP contribution in [0.2, 0.25) is 0 Å². The average molecular weight is 483 g/mol. The van der Waals surface area contributed by atoms with E-state index in [1.165, 1.54) is 6.92 Å². The van der Waals surface area contributed by atoms with Gasteiger partial charge in [-0.3, -0.25) is 0 Å². The third-order valence-corrected chi connectivity index (χ3v) is 5.93. The molecule has 0 bridgehead atoms. The van der Waals surface area contributed by atoms with Gasteiger partial charge < -0.3 is 4.90 Å². The minimum absolute atomic E-state index is 0.0123. The molecule has 0 saturated heterocycles. The molecule has 0 radical (unpaired) electrons. The van der Waals surface area contributed by atoms with Crippen molar-refractivity contribution in [1.82, 2.24) is 0 Å². The summed E-state index contributed by atoms with van der Waals surface area (Å²) >= 11 is 0. The molecule has 1 aliphatic carbocycles. The van der Waals surface area contributed by atoms with Gasteiger partial charge in [0.15, 0.2) is 0 Å². The number of para-hydroxylation sites is 2. The summed E-state index contributed by atoms with van der Waals surface area (Å²) in [7, 11) is 0. The van der Waals surface area contributed by atoms with Gasteiger partial charge >= 0.3 is 0 Å². The van der Waals surface area contributed by atoms with E-state index in [9.17, 15) is 10.5 Å². The number of benzene rings is 3. The molecule has 0 atom stereocenters. The monoisotopic (exact) mass is 482 g/mol. The Morgan fingerprint density at radius 2 is 1.22 bits per heavy atom. The third kappa shape index (κ3) is 7.32. The average Bonchev–Trinajstić information content (AvgIpc) is 2.90. The van der Waals surface area contributed by atoms with E-state index in [1.54, 1.807) is 6.07 Å². The zero-order chi connectivity index (χ0) is 26.7. The van der Waals surface area contributed by atoms with Gasteiger partial charge in [0.05, 0.1) is 6.07 Å². The molecule has 1 aliphatic rings. The number of nitrogens with zero attached hydrogens (tertiary/aromatic N) is 4. The largest absolute Gasteiger partial charge is 0.311 e. The molecule has 0 amide bonds. The Hall–Kier alpha value is -4.85. The second-order valence-electron chi connectivity index (χ2n) is 9.52. The molecule has 0 unspecified atom stereocenters. The number of hydrogen-bond donors (Lipinski definition) is 0. The van der Waals surface area contributed by atoms with Gasteiger partial charge in [-0.2, -0.15) is 15.8 Å². The van der Waals surface area contributed by atoms with Gasteiger partial charge in [-0.15, -0.1) is 0 Å². The second-order valence-corrected chi connectivity index (χ2v) is 9.52. The van der Waals surface area contributed by atoms with E-state index in [-0.39, 0.29) is 11.0 Å². The van der Waals surface area contributed by atoms with Gasteiger partial charge in [0.1, 0.15) is 17.7 Å². The molecule has 0 saturated carbocycles. The summed E-state index contributed by atoms with van der Waals surface area (Å²) < 4.78 is 0. The highest BCUT2D eigenvalue weighted by Gasteiger charge is 2.26. The standard InChI is InChI=1S/C31H27N3.C2H3N/c1-31(2)20-25(19-26(21-31)27(22-32)23-33)14-13-24-15-17-30(18-16-24)34(28-9-5-3-6-10-28)29-11-7-4-8-12-29;1-2-3/h3-19H,20-21H2,1-2H3;1H3/b14-13+;. The predicted molar refractivity (Wildman–Crippen MR) is 151 cm³/mol. The van der Waals surface area contributed by atoms with Crippen molar-refractivity contribution >= 4 is 23.1 Å². The Kier molecular flexibility index (Phi) is 9.21. The second kappa shape index (κ2) is 12.7. The van der Waals surface area contributed by atoms with Crippen molar-refractivity contribution in [3.05, 3.63) is 119 Å². The van der Waals surface area contributed by atoms with E-state index in [4.69, 9.17) is 5.26 Å². The van der Waals surface area contributed by atoms with E-state index in [2.05, 4.69) is 104 Å². The Morgan fingerprint density at radius 1 is 0.730 bits per heavy atom. The fourth-order valence-corrected chi connectivity index (χ4v) is 4.43. The van der Waals surface area contributed by atoms with E-state index < -0.39 is 0 Å². The Bertz CT molecular complexity index is 1350. The van der Waals surface area contributed by atoms with E-state index in [1.807, 2.05) is 30.3 Å². The maximum atomic E-state index is 9.30. The Morgan fingerprint density at radius 3 is 1.70 bits per heavy atom. The first kappa shape index (κ1) is 26.7. The molecule has 182 valence electrons. The summed E-state index contributed by atoms with van der Waals surface area (Å²) in [4.78, 5) is 2.24. The van der Waals surface area contributed by atoms with Crippen molar-refractivity contribution in [1.29, 1.82) is 15.8 Å². The number of rotatable bonds is 5. The smallest absolute Gasteiger partial charge is 0.132 e. The van der Waals surface area contributed by atoms with Crippen LogP contribution in [-0.2, 0) is 0 Å². The number of allylic oxidation sites excluding steroid dienone is 5. The van der Waals surface area contributed by atoms with Crippen LogP contribution < -0.4 is 4.90 Å². The molecule has 0 aromatic heterocycles. The molecule has 4 nitrogen and oxygen atoms in total. The van der Waals surface area contributed by atoms with Crippen LogP contribution in [0.1, 0.15) is 39.2 Å². The van der Waals surface area contributed by atoms with Crippen molar-refractivity contribution in [3.8, 4) is 18.2 Å². The van der Waals surface area contributed by atoms with E-state index in [0.29, 0.717) is 0 Å². The first-order valence-electron chi connectivity index (χ1n) is 12.1. The quantitative estimate of drug-likeness (QED) is 0.341. The van der Waals surface area contributed by atoms with Crippen molar-refractivity contribution in [3.63, 3.8) is 0 Å². The van der Waals surface area contributed by atoms with Gasteiger partial charge in [-0.1, -0.05) is 80.6 Å². The van der Waals surface area contributed by atoms with Crippen LogP contribution in [-0.4, -0.2) is 0 Å². The Labute approximate surface area is 220 Å². The molecule has 0 spiro atoms. The maximum Gasteiger partial charge on any atom is 0.132 e. The van der Waals surface area contributed by atoms with Crippen LogP contribution in [0.15, 0.2) is 114 Å². The zero-order valence-electron chi connectivity index (χ0n) is 21.5. The highest BCUT2D eigenvalue weighted by molar-refractivity contribution is 5.77. The van der Waals surface area contributed by atoms with Crippen LogP contribution in [0.25, 0.3) is 6.08 Å². The van der Waals surface area contributed by atoms with Crippen LogP contribution >= 0.6 is 0 Å². The summed E-state index contributed by atoms with van der Waals surface area (Å²) in [5.41, 5.74) is 6.59. The minimum Gasteiger partial charge on any atom is -0.311 e. The fraction of sp³-hybridized carbons (Fsp3) is 0.182. The minimum atomic E-state index is 0.0123. The molecule has 0 fully saturated rings. The molecule has 4 rings (SSSR count). The summed E-state index contributed by atoms with van der Waals surface area (Å²) in [6, 6.07) is 35.0. The molecule has 3 aromatic rings. The summed E-state index contributed by atoms with van der Waals surface area (Å²) in [5.74, 6) is 0. The summed E-state index contributed by atoms with van der Waals surface area (Å²) in [5, 5.41) is 25.9. The maximum absolute atomic E-state index is 9.30. The van der Waals surface area contributed by atoms with Crippen molar-refractivity contribution in [2.24, 2.45) is 5.41 Å². The molecule has 4 heteroatoms. The molecule has 3 aromatic carbocycles. The molecule has 37 heavy (non-hydrogen) atoms. The molecule has 0 aliphatic heterocycles. The lowest BCUT2D eigenvalue weighted by Crippen LogP contribution is -2.17. The van der Waals surface area contributed by atoms with Crippen LogP contribution in [0, 0.1) is 39.4 Å². The SMILES string of the molecule is CC#N.CC1(C)CC(/C=C/c2ccc(N(c3ccccc3)c3ccccc3)cc2)=CC(=C(C#N)C#N)C1. The third-order valence-electron chi connectivity index (χ3n) is 5.93. The number of nitriles is 3. The molecule has 0 N–H and O–H groups in total. The van der Waals surface area contributed by atoms with Crippen molar-refractivity contribution < 1.29 is 0 Å².